The van der Waals surface area contributed by atoms with Crippen molar-refractivity contribution < 1.29 is 19.4 Å². The second kappa shape index (κ2) is 9.67. The van der Waals surface area contributed by atoms with Gasteiger partial charge in [-0.05, 0) is 60.6 Å². The number of hydrogen-bond donors (Lipinski definition) is 3. The summed E-state index contributed by atoms with van der Waals surface area (Å²) in [5.41, 5.74) is 2.62. The predicted molar refractivity (Wildman–Crippen MR) is 119 cm³/mol. The van der Waals surface area contributed by atoms with Crippen LogP contribution in [0.3, 0.4) is 0 Å². The summed E-state index contributed by atoms with van der Waals surface area (Å²) in [6, 6.07) is 21.3. The second-order valence-corrected chi connectivity index (χ2v) is 6.90. The molecule has 0 aliphatic heterocycles. The number of thiocarbonyl (C=S) groups is 1. The maximum atomic E-state index is 12.5. The molecule has 0 aromatic heterocycles. The number of anilines is 1. The summed E-state index contributed by atoms with van der Waals surface area (Å²) >= 11 is 5.21. The highest BCUT2D eigenvalue weighted by Crippen LogP contribution is 2.19. The van der Waals surface area contributed by atoms with Crippen molar-refractivity contribution in [2.45, 2.75) is 13.5 Å². The van der Waals surface area contributed by atoms with Gasteiger partial charge in [0.2, 0.25) is 0 Å². The van der Waals surface area contributed by atoms with Crippen molar-refractivity contribution in [3.63, 3.8) is 0 Å². The number of carboxylic acids is 1. The molecule has 0 saturated carbocycles. The minimum atomic E-state index is -1.03. The molecule has 0 bridgehead atoms. The Labute approximate surface area is 179 Å². The average Bonchev–Trinajstić information content (AvgIpc) is 2.74. The van der Waals surface area contributed by atoms with Gasteiger partial charge in [0.25, 0.3) is 5.91 Å². The van der Waals surface area contributed by atoms with Gasteiger partial charge in [0.15, 0.2) is 5.11 Å². The Kier molecular flexibility index (Phi) is 6.77. The fraction of sp³-hybridized carbons (Fsp3) is 0.0870. The first-order valence-corrected chi connectivity index (χ1v) is 9.57. The summed E-state index contributed by atoms with van der Waals surface area (Å²) < 4.78 is 5.75. The van der Waals surface area contributed by atoms with Crippen molar-refractivity contribution in [2.75, 3.05) is 5.32 Å². The third-order valence-corrected chi connectivity index (χ3v) is 4.59. The lowest BCUT2D eigenvalue weighted by molar-refractivity contribution is 0.0696. The number of hydrogen-bond acceptors (Lipinski definition) is 4. The standard InChI is InChI=1S/C23H20N2O4S/c1-15-19(22(27)28)11-6-12-20(15)24-23(30)25-21(26)17-9-5-10-18(13-17)29-14-16-7-3-2-4-8-16/h2-13H,14H2,1H3,(H,27,28)(H2,24,25,26,30). The quantitative estimate of drug-likeness (QED) is 0.513. The van der Waals surface area contributed by atoms with Crippen LogP contribution in [0.2, 0.25) is 0 Å². The highest BCUT2D eigenvalue weighted by Gasteiger charge is 2.13. The van der Waals surface area contributed by atoms with Gasteiger partial charge < -0.3 is 15.2 Å². The number of carbonyl (C=O) groups excluding carboxylic acids is 1. The number of ether oxygens (including phenoxy) is 1. The van der Waals surface area contributed by atoms with Crippen molar-refractivity contribution in [1.82, 2.24) is 5.32 Å². The van der Waals surface area contributed by atoms with Gasteiger partial charge in [-0.15, -0.1) is 0 Å². The van der Waals surface area contributed by atoms with Crippen molar-refractivity contribution in [3.05, 3.63) is 95.1 Å². The molecule has 0 aliphatic carbocycles. The van der Waals surface area contributed by atoms with E-state index in [1.54, 1.807) is 43.3 Å². The van der Waals surface area contributed by atoms with E-state index in [1.165, 1.54) is 6.07 Å². The lowest BCUT2D eigenvalue weighted by atomic mass is 10.1. The first-order valence-electron chi connectivity index (χ1n) is 9.16. The molecule has 152 valence electrons. The minimum Gasteiger partial charge on any atom is -0.489 e. The highest BCUT2D eigenvalue weighted by atomic mass is 32.1. The molecule has 6 nitrogen and oxygen atoms in total. The molecule has 3 N–H and O–H groups in total. The predicted octanol–water partition coefficient (Wildman–Crippen LogP) is 4.40. The van der Waals surface area contributed by atoms with E-state index in [1.807, 2.05) is 30.3 Å². The van der Waals surface area contributed by atoms with Gasteiger partial charge in [0.1, 0.15) is 12.4 Å². The molecule has 0 heterocycles. The maximum absolute atomic E-state index is 12.5. The third-order valence-electron chi connectivity index (χ3n) is 4.38. The summed E-state index contributed by atoms with van der Waals surface area (Å²) in [7, 11) is 0. The monoisotopic (exact) mass is 420 g/mol. The molecule has 1 amide bonds. The molecular formula is C23H20N2O4S. The van der Waals surface area contributed by atoms with E-state index in [0.717, 1.165) is 5.56 Å². The molecule has 0 fully saturated rings. The van der Waals surface area contributed by atoms with Crippen molar-refractivity contribution >= 4 is 34.9 Å². The van der Waals surface area contributed by atoms with E-state index in [9.17, 15) is 14.7 Å². The molecule has 30 heavy (non-hydrogen) atoms. The van der Waals surface area contributed by atoms with Crippen LogP contribution in [0, 0.1) is 6.92 Å². The number of rotatable bonds is 6. The molecule has 0 spiro atoms. The number of nitrogens with one attached hydrogen (secondary N) is 2. The Hall–Kier alpha value is -3.71. The van der Waals surface area contributed by atoms with Crippen LogP contribution in [-0.2, 0) is 6.61 Å². The van der Waals surface area contributed by atoms with Crippen LogP contribution in [0.5, 0.6) is 5.75 Å². The van der Waals surface area contributed by atoms with Crippen LogP contribution < -0.4 is 15.4 Å². The lowest BCUT2D eigenvalue weighted by Crippen LogP contribution is -2.34. The topological polar surface area (TPSA) is 87.7 Å². The van der Waals surface area contributed by atoms with E-state index in [-0.39, 0.29) is 10.7 Å². The molecule has 0 atom stereocenters. The van der Waals surface area contributed by atoms with E-state index in [4.69, 9.17) is 17.0 Å². The van der Waals surface area contributed by atoms with Crippen LogP contribution in [0.1, 0.15) is 31.8 Å². The van der Waals surface area contributed by atoms with Gasteiger partial charge >= 0.3 is 5.97 Å². The maximum Gasteiger partial charge on any atom is 0.336 e. The molecule has 7 heteroatoms. The zero-order valence-electron chi connectivity index (χ0n) is 16.2. The third kappa shape index (κ3) is 5.42. The molecule has 3 aromatic rings. The minimum absolute atomic E-state index is 0.0706. The van der Waals surface area contributed by atoms with Gasteiger partial charge in [-0.1, -0.05) is 42.5 Å². The number of amides is 1. The summed E-state index contributed by atoms with van der Waals surface area (Å²) in [4.78, 5) is 23.8. The molecule has 3 aromatic carbocycles. The van der Waals surface area contributed by atoms with E-state index < -0.39 is 11.9 Å². The highest BCUT2D eigenvalue weighted by molar-refractivity contribution is 7.80. The van der Waals surface area contributed by atoms with Crippen LogP contribution in [0.15, 0.2) is 72.8 Å². The molecule has 0 saturated heterocycles. The first-order chi connectivity index (χ1) is 14.4. The average molecular weight is 420 g/mol. The Morgan fingerprint density at radius 1 is 1.00 bits per heavy atom. The Balaban J connectivity index is 1.62. The van der Waals surface area contributed by atoms with Gasteiger partial charge in [-0.2, -0.15) is 0 Å². The molecule has 0 radical (unpaired) electrons. The van der Waals surface area contributed by atoms with E-state index >= 15 is 0 Å². The van der Waals surface area contributed by atoms with Gasteiger partial charge in [-0.25, -0.2) is 4.79 Å². The van der Waals surface area contributed by atoms with Gasteiger partial charge in [-0.3, -0.25) is 10.1 Å². The van der Waals surface area contributed by atoms with Crippen LogP contribution in [0.25, 0.3) is 0 Å². The first kappa shape index (κ1) is 21.0. The Morgan fingerprint density at radius 3 is 2.47 bits per heavy atom. The van der Waals surface area contributed by atoms with Crippen LogP contribution in [-0.4, -0.2) is 22.1 Å². The molecular weight excluding hydrogens is 400 g/mol. The van der Waals surface area contributed by atoms with E-state index in [2.05, 4.69) is 10.6 Å². The van der Waals surface area contributed by atoms with Gasteiger partial charge in [0, 0.05) is 11.3 Å². The zero-order valence-corrected chi connectivity index (χ0v) is 17.0. The lowest BCUT2D eigenvalue weighted by Gasteiger charge is -2.13. The summed E-state index contributed by atoms with van der Waals surface area (Å²) in [5, 5.41) is 14.8. The second-order valence-electron chi connectivity index (χ2n) is 6.49. The van der Waals surface area contributed by atoms with Crippen molar-refractivity contribution in [3.8, 4) is 5.75 Å². The molecule has 3 rings (SSSR count). The summed E-state index contributed by atoms with van der Waals surface area (Å²) in [6.07, 6.45) is 0. The molecule has 0 aliphatic rings. The number of aromatic carboxylic acids is 1. The van der Waals surface area contributed by atoms with Crippen LogP contribution in [0.4, 0.5) is 5.69 Å². The fourth-order valence-corrected chi connectivity index (χ4v) is 3.00. The zero-order chi connectivity index (χ0) is 21.5. The summed E-state index contributed by atoms with van der Waals surface area (Å²) in [6.45, 7) is 2.06. The van der Waals surface area contributed by atoms with Crippen molar-refractivity contribution in [1.29, 1.82) is 0 Å². The Bertz CT molecular complexity index is 1080. The number of benzene rings is 3. The smallest absolute Gasteiger partial charge is 0.336 e. The summed E-state index contributed by atoms with van der Waals surface area (Å²) in [5.74, 6) is -0.862. The fourth-order valence-electron chi connectivity index (χ4n) is 2.80. The number of carboxylic acid groups (broad SMARTS) is 1. The van der Waals surface area contributed by atoms with Crippen LogP contribution >= 0.6 is 12.2 Å². The van der Waals surface area contributed by atoms with E-state index in [0.29, 0.717) is 29.2 Å². The van der Waals surface area contributed by atoms with Gasteiger partial charge in [0.05, 0.1) is 5.56 Å². The Morgan fingerprint density at radius 2 is 1.73 bits per heavy atom. The van der Waals surface area contributed by atoms with Crippen molar-refractivity contribution in [2.24, 2.45) is 0 Å². The molecule has 0 unspecified atom stereocenters. The SMILES string of the molecule is Cc1c(NC(=S)NC(=O)c2cccc(OCc3ccccc3)c2)cccc1C(=O)O. The largest absolute Gasteiger partial charge is 0.489 e. The normalized spacial score (nSPS) is 10.2. The number of carbonyl (C=O) groups is 2.